The Morgan fingerprint density at radius 1 is 1.04 bits per heavy atom. The van der Waals surface area contributed by atoms with Crippen LogP contribution < -0.4 is 5.76 Å². The summed E-state index contributed by atoms with van der Waals surface area (Å²) in [5, 5.41) is 0. The lowest BCUT2D eigenvalue weighted by Crippen LogP contribution is -2.41. The minimum absolute atomic E-state index is 0.198. The second kappa shape index (κ2) is 6.52. The van der Waals surface area contributed by atoms with E-state index < -0.39 is 0 Å². The zero-order chi connectivity index (χ0) is 15.6. The molecule has 4 nitrogen and oxygen atoms in total. The predicted octanol–water partition coefficient (Wildman–Crippen LogP) is 3.81. The monoisotopic (exact) mass is 314 g/mol. The Morgan fingerprint density at radius 2 is 1.87 bits per heavy atom. The van der Waals surface area contributed by atoms with Crippen molar-refractivity contribution in [3.05, 3.63) is 34.8 Å². The maximum absolute atomic E-state index is 12.3. The van der Waals surface area contributed by atoms with Gasteiger partial charge in [0.15, 0.2) is 5.58 Å². The molecular formula is C19H26N2O2. The Morgan fingerprint density at radius 3 is 2.74 bits per heavy atom. The Labute approximate surface area is 137 Å². The van der Waals surface area contributed by atoms with E-state index in [1.165, 1.54) is 51.6 Å². The number of fused-ring (bicyclic) bond motifs is 1. The summed E-state index contributed by atoms with van der Waals surface area (Å²) in [7, 11) is 0. The van der Waals surface area contributed by atoms with E-state index >= 15 is 0 Å². The fourth-order valence-corrected chi connectivity index (χ4v) is 4.47. The zero-order valence-electron chi connectivity index (χ0n) is 13.7. The molecule has 0 unspecified atom stereocenters. The maximum Gasteiger partial charge on any atom is 0.420 e. The SMILES string of the molecule is O=c1oc2ccccc2n1[C@@H]1CCCN(CC2CCCCC2)C1. The first-order valence-corrected chi connectivity index (χ1v) is 9.14. The molecular weight excluding hydrogens is 288 g/mol. The molecule has 124 valence electrons. The van der Waals surface area contributed by atoms with Gasteiger partial charge >= 0.3 is 5.76 Å². The zero-order valence-corrected chi connectivity index (χ0v) is 13.7. The molecule has 2 fully saturated rings. The second-order valence-electron chi connectivity index (χ2n) is 7.27. The van der Waals surface area contributed by atoms with E-state index in [4.69, 9.17) is 4.42 Å². The maximum atomic E-state index is 12.3. The fraction of sp³-hybridized carbons (Fsp3) is 0.632. The molecule has 1 atom stereocenters. The van der Waals surface area contributed by atoms with Gasteiger partial charge in [-0.25, -0.2) is 4.79 Å². The molecule has 0 N–H and O–H groups in total. The van der Waals surface area contributed by atoms with E-state index in [2.05, 4.69) is 4.90 Å². The van der Waals surface area contributed by atoms with E-state index in [1.807, 2.05) is 28.8 Å². The molecule has 2 aliphatic rings. The van der Waals surface area contributed by atoms with Gasteiger partial charge in [0.1, 0.15) is 0 Å². The Bertz CT molecular complexity index is 711. The number of hydrogen-bond donors (Lipinski definition) is 0. The van der Waals surface area contributed by atoms with Crippen LogP contribution in [-0.4, -0.2) is 29.1 Å². The average molecular weight is 314 g/mol. The molecule has 4 rings (SSSR count). The van der Waals surface area contributed by atoms with E-state index in [1.54, 1.807) is 0 Å². The number of benzene rings is 1. The van der Waals surface area contributed by atoms with Crippen LogP contribution in [0.4, 0.5) is 0 Å². The smallest absolute Gasteiger partial charge is 0.408 e. The average Bonchev–Trinajstić information content (AvgIpc) is 2.92. The molecule has 2 aromatic rings. The first-order chi connectivity index (χ1) is 11.3. The van der Waals surface area contributed by atoms with Gasteiger partial charge in [-0.05, 0) is 50.3 Å². The van der Waals surface area contributed by atoms with Gasteiger partial charge in [-0.1, -0.05) is 31.4 Å². The van der Waals surface area contributed by atoms with Crippen LogP contribution in [0, 0.1) is 5.92 Å². The minimum Gasteiger partial charge on any atom is -0.408 e. The van der Waals surface area contributed by atoms with Crippen LogP contribution in [0.5, 0.6) is 0 Å². The Kier molecular flexibility index (Phi) is 4.25. The van der Waals surface area contributed by atoms with Crippen LogP contribution in [-0.2, 0) is 0 Å². The van der Waals surface area contributed by atoms with Crippen LogP contribution in [0.25, 0.3) is 11.1 Å². The first-order valence-electron chi connectivity index (χ1n) is 9.14. The van der Waals surface area contributed by atoms with Crippen molar-refractivity contribution in [3.63, 3.8) is 0 Å². The highest BCUT2D eigenvalue weighted by molar-refractivity contribution is 5.72. The van der Waals surface area contributed by atoms with E-state index in [9.17, 15) is 4.79 Å². The summed E-state index contributed by atoms with van der Waals surface area (Å²) in [4.78, 5) is 14.9. The van der Waals surface area contributed by atoms with Crippen molar-refractivity contribution in [1.29, 1.82) is 0 Å². The molecule has 1 aromatic carbocycles. The summed E-state index contributed by atoms with van der Waals surface area (Å²) < 4.78 is 7.32. The van der Waals surface area contributed by atoms with Crippen molar-refractivity contribution < 1.29 is 4.42 Å². The van der Waals surface area contributed by atoms with Gasteiger partial charge < -0.3 is 9.32 Å². The van der Waals surface area contributed by atoms with Crippen molar-refractivity contribution in [1.82, 2.24) is 9.47 Å². The molecule has 2 heterocycles. The Hall–Kier alpha value is -1.55. The number of nitrogens with zero attached hydrogens (tertiary/aromatic N) is 2. The highest BCUT2D eigenvalue weighted by atomic mass is 16.4. The number of rotatable bonds is 3. The van der Waals surface area contributed by atoms with Gasteiger partial charge in [0, 0.05) is 13.1 Å². The molecule has 1 aliphatic carbocycles. The molecule has 0 radical (unpaired) electrons. The number of likely N-dealkylation sites (tertiary alicyclic amines) is 1. The van der Waals surface area contributed by atoms with Crippen LogP contribution in [0.15, 0.2) is 33.5 Å². The summed E-state index contributed by atoms with van der Waals surface area (Å²) in [6, 6.07) is 8.04. The molecule has 0 spiro atoms. The van der Waals surface area contributed by atoms with Gasteiger partial charge in [0.25, 0.3) is 0 Å². The molecule has 1 aliphatic heterocycles. The summed E-state index contributed by atoms with van der Waals surface area (Å²) in [6.07, 6.45) is 9.22. The normalized spacial score (nSPS) is 24.3. The molecule has 0 amide bonds. The van der Waals surface area contributed by atoms with E-state index in [0.29, 0.717) is 5.58 Å². The van der Waals surface area contributed by atoms with Gasteiger partial charge in [-0.2, -0.15) is 0 Å². The third-order valence-electron chi connectivity index (χ3n) is 5.61. The summed E-state index contributed by atoms with van der Waals surface area (Å²) in [5.41, 5.74) is 1.66. The molecule has 1 saturated carbocycles. The van der Waals surface area contributed by atoms with Gasteiger partial charge in [-0.3, -0.25) is 4.57 Å². The number of oxazole rings is 1. The lowest BCUT2D eigenvalue weighted by Gasteiger charge is -2.36. The van der Waals surface area contributed by atoms with E-state index in [0.717, 1.165) is 24.4 Å². The van der Waals surface area contributed by atoms with Gasteiger partial charge in [0.05, 0.1) is 11.6 Å². The third-order valence-corrected chi connectivity index (χ3v) is 5.61. The molecule has 4 heteroatoms. The van der Waals surface area contributed by atoms with Crippen LogP contribution >= 0.6 is 0 Å². The highest BCUT2D eigenvalue weighted by Crippen LogP contribution is 2.28. The summed E-state index contributed by atoms with van der Waals surface area (Å²) in [5.74, 6) is 0.663. The predicted molar refractivity (Wildman–Crippen MR) is 91.8 cm³/mol. The number of aromatic nitrogens is 1. The molecule has 0 bridgehead atoms. The third kappa shape index (κ3) is 3.09. The van der Waals surface area contributed by atoms with Crippen molar-refractivity contribution in [2.24, 2.45) is 5.92 Å². The summed E-state index contributed by atoms with van der Waals surface area (Å²) in [6.45, 7) is 3.37. The fourth-order valence-electron chi connectivity index (χ4n) is 4.47. The second-order valence-corrected chi connectivity index (χ2v) is 7.27. The highest BCUT2D eigenvalue weighted by Gasteiger charge is 2.26. The number of para-hydroxylation sites is 2. The standard InChI is InChI=1S/C19H26N2O2/c22-19-21(17-10-4-5-11-18(17)23-19)16-9-6-12-20(14-16)13-15-7-2-1-3-8-15/h4-5,10-11,15-16H,1-3,6-9,12-14H2/t16-/m1/s1. The van der Waals surface area contributed by atoms with Crippen LogP contribution in [0.2, 0.25) is 0 Å². The number of hydrogen-bond acceptors (Lipinski definition) is 3. The van der Waals surface area contributed by atoms with Crippen molar-refractivity contribution in [2.75, 3.05) is 19.6 Å². The topological polar surface area (TPSA) is 38.4 Å². The lowest BCUT2D eigenvalue weighted by molar-refractivity contribution is 0.138. The largest absolute Gasteiger partial charge is 0.420 e. The van der Waals surface area contributed by atoms with Crippen molar-refractivity contribution in [2.45, 2.75) is 51.0 Å². The first kappa shape index (κ1) is 15.0. The van der Waals surface area contributed by atoms with Crippen molar-refractivity contribution >= 4 is 11.1 Å². The van der Waals surface area contributed by atoms with Crippen LogP contribution in [0.1, 0.15) is 51.0 Å². The van der Waals surface area contributed by atoms with Gasteiger partial charge in [-0.15, -0.1) is 0 Å². The van der Waals surface area contributed by atoms with E-state index in [-0.39, 0.29) is 11.8 Å². The molecule has 23 heavy (non-hydrogen) atoms. The van der Waals surface area contributed by atoms with Gasteiger partial charge in [0.2, 0.25) is 0 Å². The van der Waals surface area contributed by atoms with Crippen LogP contribution in [0.3, 0.4) is 0 Å². The lowest BCUT2D eigenvalue weighted by atomic mass is 9.88. The summed E-state index contributed by atoms with van der Waals surface area (Å²) >= 11 is 0. The quantitative estimate of drug-likeness (QED) is 0.864. The molecule has 1 saturated heterocycles. The minimum atomic E-state index is -0.198. The van der Waals surface area contributed by atoms with Crippen molar-refractivity contribution in [3.8, 4) is 0 Å². The Balaban J connectivity index is 1.52. The number of piperidine rings is 1. The molecule has 1 aromatic heterocycles.